The SMILES string of the molecule is CCCC(O)Cc1ccc(S(C)(=O)=O)cc1S(C)(=O)=O. The molecule has 0 saturated heterocycles. The van der Waals surface area contributed by atoms with Crippen LogP contribution >= 0.6 is 0 Å². The molecular weight excluding hydrogens is 300 g/mol. The minimum absolute atomic E-state index is 0.0319. The maximum atomic E-state index is 11.8. The molecule has 0 fully saturated rings. The topological polar surface area (TPSA) is 88.5 Å². The Bertz CT molecular complexity index is 675. The van der Waals surface area contributed by atoms with Gasteiger partial charge in [0.25, 0.3) is 0 Å². The van der Waals surface area contributed by atoms with Crippen molar-refractivity contribution in [3.05, 3.63) is 23.8 Å². The van der Waals surface area contributed by atoms with Crippen LogP contribution in [-0.4, -0.2) is 40.6 Å². The highest BCUT2D eigenvalue weighted by molar-refractivity contribution is 7.91. The zero-order valence-corrected chi connectivity index (χ0v) is 13.5. The molecule has 1 aromatic carbocycles. The molecule has 0 heterocycles. The smallest absolute Gasteiger partial charge is 0.175 e. The Hall–Kier alpha value is -0.920. The minimum atomic E-state index is -3.55. The number of sulfone groups is 2. The fourth-order valence-corrected chi connectivity index (χ4v) is 3.66. The summed E-state index contributed by atoms with van der Waals surface area (Å²) in [6, 6.07) is 4.00. The van der Waals surface area contributed by atoms with Crippen molar-refractivity contribution in [1.29, 1.82) is 0 Å². The second-order valence-electron chi connectivity index (χ2n) is 4.96. The van der Waals surface area contributed by atoms with Gasteiger partial charge in [-0.05, 0) is 30.5 Å². The molecule has 114 valence electrons. The Morgan fingerprint density at radius 3 is 2.15 bits per heavy atom. The van der Waals surface area contributed by atoms with Gasteiger partial charge < -0.3 is 5.11 Å². The van der Waals surface area contributed by atoms with Gasteiger partial charge >= 0.3 is 0 Å². The summed E-state index contributed by atoms with van der Waals surface area (Å²) >= 11 is 0. The zero-order chi connectivity index (χ0) is 15.6. The molecule has 0 aliphatic heterocycles. The quantitative estimate of drug-likeness (QED) is 0.851. The highest BCUT2D eigenvalue weighted by atomic mass is 32.2. The van der Waals surface area contributed by atoms with Gasteiger partial charge in [-0.1, -0.05) is 19.4 Å². The van der Waals surface area contributed by atoms with Gasteiger partial charge in [0.1, 0.15) is 0 Å². The lowest BCUT2D eigenvalue weighted by molar-refractivity contribution is 0.163. The summed E-state index contributed by atoms with van der Waals surface area (Å²) in [5, 5.41) is 9.81. The van der Waals surface area contributed by atoms with Gasteiger partial charge in [0.15, 0.2) is 19.7 Å². The maximum Gasteiger partial charge on any atom is 0.175 e. The fraction of sp³-hybridized carbons (Fsp3) is 0.538. The summed E-state index contributed by atoms with van der Waals surface area (Å²) in [5.41, 5.74) is 0.445. The molecule has 0 amide bonds. The Kier molecular flexibility index (Phi) is 5.34. The molecule has 0 spiro atoms. The van der Waals surface area contributed by atoms with Crippen LogP contribution in [0.5, 0.6) is 0 Å². The van der Waals surface area contributed by atoms with Crippen molar-refractivity contribution in [2.75, 3.05) is 12.5 Å². The van der Waals surface area contributed by atoms with E-state index in [0.29, 0.717) is 12.0 Å². The first-order valence-corrected chi connectivity index (χ1v) is 10.0. The van der Waals surface area contributed by atoms with Crippen LogP contribution in [0.25, 0.3) is 0 Å². The molecular formula is C13H20O5S2. The van der Waals surface area contributed by atoms with E-state index in [4.69, 9.17) is 0 Å². The van der Waals surface area contributed by atoms with Crippen LogP contribution in [0.2, 0.25) is 0 Å². The Morgan fingerprint density at radius 2 is 1.70 bits per heavy atom. The monoisotopic (exact) mass is 320 g/mol. The number of benzene rings is 1. The molecule has 1 N–H and O–H groups in total. The van der Waals surface area contributed by atoms with Crippen LogP contribution in [0.3, 0.4) is 0 Å². The normalized spacial score (nSPS) is 14.2. The van der Waals surface area contributed by atoms with Crippen LogP contribution in [0.15, 0.2) is 28.0 Å². The van der Waals surface area contributed by atoms with E-state index in [-0.39, 0.29) is 16.2 Å². The summed E-state index contributed by atoms with van der Waals surface area (Å²) in [4.78, 5) is -0.0674. The van der Waals surface area contributed by atoms with Gasteiger partial charge in [0.05, 0.1) is 15.9 Å². The van der Waals surface area contributed by atoms with Gasteiger partial charge in [-0.15, -0.1) is 0 Å². The molecule has 0 saturated carbocycles. The van der Waals surface area contributed by atoms with Crippen LogP contribution < -0.4 is 0 Å². The maximum absolute atomic E-state index is 11.8. The Morgan fingerprint density at radius 1 is 1.10 bits per heavy atom. The van der Waals surface area contributed by atoms with E-state index in [1.165, 1.54) is 18.2 Å². The van der Waals surface area contributed by atoms with Gasteiger partial charge in [-0.3, -0.25) is 0 Å². The second-order valence-corrected chi connectivity index (χ2v) is 8.96. The summed E-state index contributed by atoms with van der Waals surface area (Å²) in [6.45, 7) is 1.92. The van der Waals surface area contributed by atoms with Crippen molar-refractivity contribution < 1.29 is 21.9 Å². The molecule has 0 radical (unpaired) electrons. The number of hydrogen-bond donors (Lipinski definition) is 1. The highest BCUT2D eigenvalue weighted by Gasteiger charge is 2.19. The molecule has 0 aromatic heterocycles. The molecule has 1 rings (SSSR count). The average molecular weight is 320 g/mol. The number of aliphatic hydroxyl groups is 1. The first kappa shape index (κ1) is 17.1. The lowest BCUT2D eigenvalue weighted by Crippen LogP contribution is -2.14. The van der Waals surface area contributed by atoms with Gasteiger partial charge in [0.2, 0.25) is 0 Å². The Labute approximate surface area is 120 Å². The van der Waals surface area contributed by atoms with E-state index < -0.39 is 25.8 Å². The van der Waals surface area contributed by atoms with Crippen LogP contribution in [0.1, 0.15) is 25.3 Å². The lowest BCUT2D eigenvalue weighted by Gasteiger charge is -2.13. The van der Waals surface area contributed by atoms with E-state index in [9.17, 15) is 21.9 Å². The van der Waals surface area contributed by atoms with Gasteiger partial charge in [-0.25, -0.2) is 16.8 Å². The summed E-state index contributed by atoms with van der Waals surface area (Å²) < 4.78 is 46.6. The third-order valence-electron chi connectivity index (χ3n) is 2.94. The van der Waals surface area contributed by atoms with Crippen molar-refractivity contribution >= 4 is 19.7 Å². The molecule has 1 unspecified atom stereocenters. The van der Waals surface area contributed by atoms with Crippen LogP contribution in [0, 0.1) is 0 Å². The van der Waals surface area contributed by atoms with E-state index in [2.05, 4.69) is 0 Å². The van der Waals surface area contributed by atoms with Crippen molar-refractivity contribution in [2.45, 2.75) is 42.1 Å². The van der Waals surface area contributed by atoms with E-state index >= 15 is 0 Å². The Balaban J connectivity index is 3.33. The van der Waals surface area contributed by atoms with Gasteiger partial charge in [0, 0.05) is 12.5 Å². The summed E-state index contributed by atoms with van der Waals surface area (Å²) in [7, 11) is -7.02. The summed E-state index contributed by atoms with van der Waals surface area (Å²) in [6.07, 6.45) is 2.97. The van der Waals surface area contributed by atoms with Crippen molar-refractivity contribution in [3.63, 3.8) is 0 Å². The highest BCUT2D eigenvalue weighted by Crippen LogP contribution is 2.22. The van der Waals surface area contributed by atoms with Crippen LogP contribution in [-0.2, 0) is 26.1 Å². The first-order chi connectivity index (χ1) is 9.05. The molecule has 5 nitrogen and oxygen atoms in total. The third kappa shape index (κ3) is 4.57. The zero-order valence-electron chi connectivity index (χ0n) is 11.8. The van der Waals surface area contributed by atoms with E-state index in [1.54, 1.807) is 0 Å². The van der Waals surface area contributed by atoms with Gasteiger partial charge in [-0.2, -0.15) is 0 Å². The van der Waals surface area contributed by atoms with E-state index in [0.717, 1.165) is 18.9 Å². The number of hydrogen-bond acceptors (Lipinski definition) is 5. The average Bonchev–Trinajstić information content (AvgIpc) is 2.26. The number of aliphatic hydroxyl groups excluding tert-OH is 1. The largest absolute Gasteiger partial charge is 0.393 e. The molecule has 1 aromatic rings. The molecule has 0 aliphatic rings. The standard InChI is InChI=1S/C13H20O5S2/c1-4-5-11(14)8-10-6-7-12(19(2,15)16)9-13(10)20(3,17)18/h6-7,9,11,14H,4-5,8H2,1-3H3. The first-order valence-electron chi connectivity index (χ1n) is 6.26. The van der Waals surface area contributed by atoms with Crippen molar-refractivity contribution in [1.82, 2.24) is 0 Å². The predicted molar refractivity (Wildman–Crippen MR) is 77.3 cm³/mol. The van der Waals surface area contributed by atoms with Crippen molar-refractivity contribution in [3.8, 4) is 0 Å². The summed E-state index contributed by atoms with van der Waals surface area (Å²) in [5.74, 6) is 0. The van der Waals surface area contributed by atoms with Crippen molar-refractivity contribution in [2.24, 2.45) is 0 Å². The van der Waals surface area contributed by atoms with E-state index in [1.807, 2.05) is 6.92 Å². The third-order valence-corrected chi connectivity index (χ3v) is 5.23. The number of rotatable bonds is 6. The molecule has 0 bridgehead atoms. The van der Waals surface area contributed by atoms with Crippen LogP contribution in [0.4, 0.5) is 0 Å². The molecule has 20 heavy (non-hydrogen) atoms. The fourth-order valence-electron chi connectivity index (χ4n) is 1.97. The molecule has 0 aliphatic carbocycles. The lowest BCUT2D eigenvalue weighted by atomic mass is 10.0. The minimum Gasteiger partial charge on any atom is -0.393 e. The molecule has 1 atom stereocenters. The molecule has 7 heteroatoms. The predicted octanol–water partition coefficient (Wildman–Crippen LogP) is 1.20. The second kappa shape index (κ2) is 6.24.